The summed E-state index contributed by atoms with van der Waals surface area (Å²) in [6, 6.07) is 0. The van der Waals surface area contributed by atoms with Gasteiger partial charge in [-0.3, -0.25) is 0 Å². The number of carbonyl (C=O) groups excluding carboxylic acids is 12. The number of ether oxygens (including phenoxy) is 18. The monoisotopic (exact) mass is 1060 g/mol. The molecule has 0 radical (unpaired) electrons. The molecule has 6 fully saturated rings. The van der Waals surface area contributed by atoms with Crippen LogP contribution in [0.2, 0.25) is 0 Å². The number of cyclic esters (lactones) is 12. The molecule has 0 aromatic rings. The highest BCUT2D eigenvalue weighted by Gasteiger charge is 2.36. The molecule has 6 aliphatic rings. The molecule has 6 unspecified atom stereocenters. The number of hydrogen-bond donors (Lipinski definition) is 0. The summed E-state index contributed by atoms with van der Waals surface area (Å²) in [7, 11) is 1.22. The summed E-state index contributed by atoms with van der Waals surface area (Å²) >= 11 is 0. The minimum atomic E-state index is -0.889. The number of carbonyl (C=O) groups is 12. The molecule has 6 saturated heterocycles. The van der Waals surface area contributed by atoms with E-state index in [1.165, 1.54) is 7.11 Å². The molecule has 30 heteroatoms. The van der Waals surface area contributed by atoms with Crippen LogP contribution in [0, 0.1) is 0 Å². The first kappa shape index (κ1) is 63.5. The summed E-state index contributed by atoms with van der Waals surface area (Å²) in [5, 5.41) is 0. The first-order valence-electron chi connectivity index (χ1n) is 22.7. The van der Waals surface area contributed by atoms with Gasteiger partial charge in [-0.15, -0.1) is 0 Å². The maximum atomic E-state index is 11.2. The Labute approximate surface area is 417 Å². The molecule has 0 amide bonds. The molecule has 0 bridgehead atoms. The standard InChI is InChI=1S/C10H16O5.C8H12O5.2C7H10O5.C6H8O5.C5H6O5/c1-2-3-4-5-6-13-9(11)8-7-14-10(12)15-8;1-2-3-4-11-7(9)6-5-12-8(10)13-6;1-4(2)11-6(8)5-3-10-7(9)12-5;1-2-3-10-6(8)5-4-11-7(9)12-5;1-2-9-5(7)4-3-10-6(8)11-4;1-8-4(6)3-2-9-5(7)10-3/h8H,2-7H2,1H3;6H,2-5H2,1H3;4-5H,3H2,1-2H3;5H,2-4H2,1H3;4H,2-3H2,1H3;3H,2H2,1H3. The van der Waals surface area contributed by atoms with Crippen molar-refractivity contribution in [3.63, 3.8) is 0 Å². The third-order valence-electron chi connectivity index (χ3n) is 8.40. The van der Waals surface area contributed by atoms with Crippen LogP contribution in [0.4, 0.5) is 28.8 Å². The summed E-state index contributed by atoms with van der Waals surface area (Å²) in [5.74, 6) is -3.29. The second-order valence-electron chi connectivity index (χ2n) is 14.7. The lowest BCUT2D eigenvalue weighted by molar-refractivity contribution is -0.156. The minimum Gasteiger partial charge on any atom is -0.466 e. The fraction of sp³-hybridized carbons (Fsp3) is 0.721. The molecular weight excluding hydrogens is 996 g/mol. The van der Waals surface area contributed by atoms with Crippen LogP contribution >= 0.6 is 0 Å². The molecule has 6 aliphatic heterocycles. The van der Waals surface area contributed by atoms with Crippen LogP contribution in [0.3, 0.4) is 0 Å². The van der Waals surface area contributed by atoms with Gasteiger partial charge in [0.05, 0.1) is 39.6 Å². The molecule has 0 saturated carbocycles. The fourth-order valence-corrected chi connectivity index (χ4v) is 4.84. The lowest BCUT2D eigenvalue weighted by Gasteiger charge is -2.09. The number of unbranched alkanes of at least 4 members (excludes halogenated alkanes) is 4. The Bertz CT molecular complexity index is 1810. The molecular formula is C43H62O30. The van der Waals surface area contributed by atoms with Gasteiger partial charge in [0.1, 0.15) is 39.6 Å². The predicted molar refractivity (Wildman–Crippen MR) is 229 cm³/mol. The number of esters is 6. The Morgan fingerprint density at radius 1 is 0.397 bits per heavy atom. The highest BCUT2D eigenvalue weighted by Crippen LogP contribution is 2.12. The number of rotatable bonds is 18. The summed E-state index contributed by atoms with van der Waals surface area (Å²) < 4.78 is 81.4. The van der Waals surface area contributed by atoms with Gasteiger partial charge in [0.25, 0.3) is 0 Å². The van der Waals surface area contributed by atoms with Crippen molar-refractivity contribution in [1.82, 2.24) is 0 Å². The summed E-state index contributed by atoms with van der Waals surface area (Å²) in [6.45, 7) is 12.2. The summed E-state index contributed by atoms with van der Waals surface area (Å²) in [4.78, 5) is 128. The lowest BCUT2D eigenvalue weighted by Crippen LogP contribution is -2.27. The van der Waals surface area contributed by atoms with Gasteiger partial charge >= 0.3 is 72.7 Å². The summed E-state index contributed by atoms with van der Waals surface area (Å²) in [5.41, 5.74) is 0. The van der Waals surface area contributed by atoms with E-state index < -0.39 is 109 Å². The van der Waals surface area contributed by atoms with Crippen LogP contribution in [0.5, 0.6) is 0 Å². The molecule has 6 rings (SSSR count). The normalized spacial score (nSPS) is 21.4. The van der Waals surface area contributed by atoms with E-state index in [1.54, 1.807) is 20.8 Å². The van der Waals surface area contributed by atoms with Gasteiger partial charge in [0.15, 0.2) is 0 Å². The van der Waals surface area contributed by atoms with E-state index in [2.05, 4.69) is 73.2 Å². The number of hydrogen-bond acceptors (Lipinski definition) is 30. The Balaban J connectivity index is 0.000000440. The predicted octanol–water partition coefficient (Wildman–Crippen LogP) is 3.24. The highest BCUT2D eigenvalue weighted by atomic mass is 16.8. The Hall–Kier alpha value is -7.56. The van der Waals surface area contributed by atoms with Crippen LogP contribution in [0.25, 0.3) is 0 Å². The van der Waals surface area contributed by atoms with E-state index in [1.807, 2.05) is 13.8 Å². The van der Waals surface area contributed by atoms with E-state index in [9.17, 15) is 57.5 Å². The van der Waals surface area contributed by atoms with Gasteiger partial charge in [-0.1, -0.05) is 46.5 Å². The second-order valence-corrected chi connectivity index (χ2v) is 14.7. The lowest BCUT2D eigenvalue weighted by atomic mass is 10.2. The van der Waals surface area contributed by atoms with Crippen molar-refractivity contribution < 1.29 is 143 Å². The van der Waals surface area contributed by atoms with E-state index in [0.717, 1.165) is 44.9 Å². The smallest absolute Gasteiger partial charge is 0.466 e. The zero-order valence-corrected chi connectivity index (χ0v) is 41.3. The molecule has 0 spiro atoms. The third-order valence-corrected chi connectivity index (χ3v) is 8.40. The van der Waals surface area contributed by atoms with Crippen molar-refractivity contribution in [2.45, 2.75) is 129 Å². The van der Waals surface area contributed by atoms with Crippen LogP contribution in [0.15, 0.2) is 0 Å². The van der Waals surface area contributed by atoms with Crippen molar-refractivity contribution in [1.29, 1.82) is 0 Å². The fourth-order valence-electron chi connectivity index (χ4n) is 4.84. The zero-order chi connectivity index (χ0) is 54.7. The molecule has 0 aromatic heterocycles. The number of methoxy groups -OCH3 is 1. The Morgan fingerprint density at radius 3 is 0.973 bits per heavy atom. The molecule has 6 atom stereocenters. The van der Waals surface area contributed by atoms with Gasteiger partial charge in [-0.25, -0.2) is 57.5 Å². The van der Waals surface area contributed by atoms with Crippen LogP contribution in [-0.4, -0.2) is 189 Å². The minimum absolute atomic E-state index is 0.0351. The van der Waals surface area contributed by atoms with E-state index >= 15 is 0 Å². The van der Waals surface area contributed by atoms with Gasteiger partial charge in [-0.05, 0) is 40.0 Å². The van der Waals surface area contributed by atoms with Crippen molar-refractivity contribution in [2.75, 3.05) is 73.2 Å². The molecule has 414 valence electrons. The van der Waals surface area contributed by atoms with Gasteiger partial charge in [0.2, 0.25) is 36.6 Å². The molecule has 0 aliphatic carbocycles. The largest absolute Gasteiger partial charge is 0.509 e. The quantitative estimate of drug-likeness (QED) is 0.108. The maximum absolute atomic E-state index is 11.2. The van der Waals surface area contributed by atoms with E-state index in [4.69, 9.17) is 18.9 Å². The Kier molecular flexibility index (Phi) is 31.6. The topological polar surface area (TPSA) is 371 Å². The SMILES string of the molecule is CC(C)OC(=O)C1COC(=O)O1.CCCCCCOC(=O)C1COC(=O)O1.CCCCOC(=O)C1COC(=O)O1.CCCOC(=O)C1COC(=O)O1.CCOC(=O)C1COC(=O)O1.COC(=O)C1COC(=O)O1. The van der Waals surface area contributed by atoms with Gasteiger partial charge in [0, 0.05) is 0 Å². The third kappa shape index (κ3) is 27.6. The Morgan fingerprint density at radius 2 is 0.699 bits per heavy atom. The molecule has 73 heavy (non-hydrogen) atoms. The van der Waals surface area contributed by atoms with E-state index in [0.29, 0.717) is 19.8 Å². The van der Waals surface area contributed by atoms with Crippen molar-refractivity contribution in [2.24, 2.45) is 0 Å². The van der Waals surface area contributed by atoms with Crippen LogP contribution in [0.1, 0.15) is 86.5 Å². The van der Waals surface area contributed by atoms with Crippen molar-refractivity contribution in [3.05, 3.63) is 0 Å². The highest BCUT2D eigenvalue weighted by molar-refractivity contribution is 5.82. The van der Waals surface area contributed by atoms with E-state index in [-0.39, 0.29) is 52.4 Å². The second kappa shape index (κ2) is 36.4. The molecule has 30 nitrogen and oxygen atoms in total. The molecule has 0 aromatic carbocycles. The first-order valence-corrected chi connectivity index (χ1v) is 22.7. The maximum Gasteiger partial charge on any atom is 0.509 e. The first-order chi connectivity index (χ1) is 34.8. The van der Waals surface area contributed by atoms with Crippen LogP contribution in [-0.2, 0) is 114 Å². The van der Waals surface area contributed by atoms with Crippen molar-refractivity contribution in [3.8, 4) is 0 Å². The summed E-state index contributed by atoms with van der Waals surface area (Å²) in [6.07, 6.45) is -3.66. The molecule has 0 N–H and O–H groups in total. The van der Waals surface area contributed by atoms with Crippen LogP contribution < -0.4 is 0 Å². The average molecular weight is 1060 g/mol. The van der Waals surface area contributed by atoms with Gasteiger partial charge < -0.3 is 85.3 Å². The van der Waals surface area contributed by atoms with Crippen molar-refractivity contribution >= 4 is 72.7 Å². The molecule has 6 heterocycles. The zero-order valence-electron chi connectivity index (χ0n) is 41.3. The average Bonchev–Trinajstić information content (AvgIpc) is 4.24. The van der Waals surface area contributed by atoms with Gasteiger partial charge in [-0.2, -0.15) is 0 Å².